The summed E-state index contributed by atoms with van der Waals surface area (Å²) >= 11 is 0. The second-order valence-electron chi connectivity index (χ2n) is 3.75. The Hall–Kier alpha value is -1.33. The lowest BCUT2D eigenvalue weighted by atomic mass is 10.0. The van der Waals surface area contributed by atoms with Gasteiger partial charge in [0.25, 0.3) is 0 Å². The number of hydrogen-bond donors (Lipinski definition) is 1. The monoisotopic (exact) mass is 219 g/mol. The van der Waals surface area contributed by atoms with Gasteiger partial charge in [-0.15, -0.1) is 11.8 Å². The molecule has 0 radical (unpaired) electrons. The van der Waals surface area contributed by atoms with E-state index >= 15 is 0 Å². The maximum atomic E-state index is 13.2. The molecule has 0 aromatic heterocycles. The molecule has 0 aliphatic heterocycles. The van der Waals surface area contributed by atoms with Crippen LogP contribution in [-0.4, -0.2) is 6.54 Å². The standard InChI is InChI=1S/C14H18FN/c1-4-6-7-14(16-5-2)12-8-9-13(15)11(3)10-12/h8-10,14,16H,5,7H2,1-3H3. The van der Waals surface area contributed by atoms with Gasteiger partial charge in [-0.1, -0.05) is 19.1 Å². The molecule has 86 valence electrons. The largest absolute Gasteiger partial charge is 0.309 e. The van der Waals surface area contributed by atoms with Crippen LogP contribution >= 0.6 is 0 Å². The van der Waals surface area contributed by atoms with Crippen molar-refractivity contribution in [2.45, 2.75) is 33.2 Å². The second kappa shape index (κ2) is 6.30. The molecule has 1 aromatic carbocycles. The predicted octanol–water partition coefficient (Wildman–Crippen LogP) is 3.20. The van der Waals surface area contributed by atoms with Crippen LogP contribution in [0.1, 0.15) is 37.4 Å². The third kappa shape index (κ3) is 3.36. The van der Waals surface area contributed by atoms with Crippen LogP contribution in [0.5, 0.6) is 0 Å². The molecule has 0 fully saturated rings. The van der Waals surface area contributed by atoms with Gasteiger partial charge < -0.3 is 5.32 Å². The number of benzene rings is 1. The molecule has 0 spiro atoms. The Bertz CT molecular complexity index is 401. The first-order valence-corrected chi connectivity index (χ1v) is 5.58. The summed E-state index contributed by atoms with van der Waals surface area (Å²) in [5.74, 6) is 5.80. The quantitative estimate of drug-likeness (QED) is 0.767. The van der Waals surface area contributed by atoms with Gasteiger partial charge in [0.2, 0.25) is 0 Å². The van der Waals surface area contributed by atoms with Gasteiger partial charge in [-0.05, 0) is 37.6 Å². The summed E-state index contributed by atoms with van der Waals surface area (Å²) in [6.07, 6.45) is 0.759. The van der Waals surface area contributed by atoms with Gasteiger partial charge in [0.05, 0.1) is 0 Å². The summed E-state index contributed by atoms with van der Waals surface area (Å²) in [7, 11) is 0. The van der Waals surface area contributed by atoms with E-state index in [1.807, 2.05) is 19.1 Å². The summed E-state index contributed by atoms with van der Waals surface area (Å²) in [5.41, 5.74) is 1.79. The number of nitrogens with one attached hydrogen (secondary N) is 1. The number of rotatable bonds is 4. The van der Waals surface area contributed by atoms with E-state index in [2.05, 4.69) is 24.1 Å². The summed E-state index contributed by atoms with van der Waals surface area (Å²) in [6.45, 7) is 6.56. The maximum Gasteiger partial charge on any atom is 0.126 e. The Labute approximate surface area is 97.1 Å². The van der Waals surface area contributed by atoms with Crippen LogP contribution in [0.15, 0.2) is 18.2 Å². The van der Waals surface area contributed by atoms with Crippen LogP contribution in [0.25, 0.3) is 0 Å². The Morgan fingerprint density at radius 2 is 2.19 bits per heavy atom. The molecule has 1 nitrogen and oxygen atoms in total. The molecule has 1 rings (SSSR count). The molecule has 0 heterocycles. The van der Waals surface area contributed by atoms with Crippen molar-refractivity contribution >= 4 is 0 Å². The van der Waals surface area contributed by atoms with Crippen LogP contribution < -0.4 is 5.32 Å². The minimum absolute atomic E-state index is 0.152. The van der Waals surface area contributed by atoms with E-state index < -0.39 is 0 Å². The van der Waals surface area contributed by atoms with E-state index in [0.717, 1.165) is 18.5 Å². The summed E-state index contributed by atoms with van der Waals surface area (Å²) in [4.78, 5) is 0. The first-order chi connectivity index (χ1) is 7.69. The van der Waals surface area contributed by atoms with Crippen molar-refractivity contribution in [3.8, 4) is 11.8 Å². The topological polar surface area (TPSA) is 12.0 Å². The molecule has 2 heteroatoms. The number of aryl methyl sites for hydroxylation is 1. The molecule has 16 heavy (non-hydrogen) atoms. The highest BCUT2D eigenvalue weighted by molar-refractivity contribution is 5.27. The van der Waals surface area contributed by atoms with Crippen molar-refractivity contribution in [2.75, 3.05) is 6.54 Å². The molecule has 0 amide bonds. The normalized spacial score (nSPS) is 11.8. The molecular weight excluding hydrogens is 201 g/mol. The fourth-order valence-corrected chi connectivity index (χ4v) is 1.64. The predicted molar refractivity (Wildman–Crippen MR) is 65.6 cm³/mol. The minimum Gasteiger partial charge on any atom is -0.309 e. The third-order valence-corrected chi connectivity index (χ3v) is 2.52. The highest BCUT2D eigenvalue weighted by Gasteiger charge is 2.09. The van der Waals surface area contributed by atoms with Crippen molar-refractivity contribution in [1.29, 1.82) is 0 Å². The van der Waals surface area contributed by atoms with E-state index in [1.165, 1.54) is 6.07 Å². The molecule has 0 saturated carbocycles. The van der Waals surface area contributed by atoms with Crippen LogP contribution in [-0.2, 0) is 0 Å². The molecule has 1 atom stereocenters. The summed E-state index contributed by atoms with van der Waals surface area (Å²) in [5, 5.41) is 3.36. The first-order valence-electron chi connectivity index (χ1n) is 5.58. The van der Waals surface area contributed by atoms with E-state index in [9.17, 15) is 4.39 Å². The zero-order valence-corrected chi connectivity index (χ0v) is 10.1. The molecule has 0 saturated heterocycles. The average Bonchev–Trinajstić information content (AvgIpc) is 2.28. The number of hydrogen-bond acceptors (Lipinski definition) is 1. The van der Waals surface area contributed by atoms with Crippen molar-refractivity contribution in [1.82, 2.24) is 5.32 Å². The summed E-state index contributed by atoms with van der Waals surface area (Å²) in [6, 6.07) is 5.43. The highest BCUT2D eigenvalue weighted by atomic mass is 19.1. The van der Waals surface area contributed by atoms with Crippen molar-refractivity contribution in [3.63, 3.8) is 0 Å². The fourth-order valence-electron chi connectivity index (χ4n) is 1.64. The lowest BCUT2D eigenvalue weighted by Crippen LogP contribution is -2.20. The van der Waals surface area contributed by atoms with Crippen LogP contribution in [0.2, 0.25) is 0 Å². The van der Waals surface area contributed by atoms with Crippen molar-refractivity contribution in [3.05, 3.63) is 35.1 Å². The zero-order valence-electron chi connectivity index (χ0n) is 10.1. The van der Waals surface area contributed by atoms with Gasteiger partial charge in [-0.2, -0.15) is 0 Å². The van der Waals surface area contributed by atoms with Crippen LogP contribution in [0, 0.1) is 24.6 Å². The minimum atomic E-state index is -0.152. The van der Waals surface area contributed by atoms with E-state index in [-0.39, 0.29) is 11.9 Å². The van der Waals surface area contributed by atoms with Crippen LogP contribution in [0.4, 0.5) is 4.39 Å². The van der Waals surface area contributed by atoms with Gasteiger partial charge in [-0.3, -0.25) is 0 Å². The maximum absolute atomic E-state index is 13.2. The van der Waals surface area contributed by atoms with E-state index in [0.29, 0.717) is 5.56 Å². The molecule has 0 aliphatic carbocycles. The lowest BCUT2D eigenvalue weighted by molar-refractivity contribution is 0.560. The summed E-state index contributed by atoms with van der Waals surface area (Å²) < 4.78 is 13.2. The molecule has 1 unspecified atom stereocenters. The Morgan fingerprint density at radius 3 is 2.75 bits per heavy atom. The van der Waals surface area contributed by atoms with Crippen LogP contribution in [0.3, 0.4) is 0 Å². The Kier molecular flexibility index (Phi) is 5.01. The third-order valence-electron chi connectivity index (χ3n) is 2.52. The van der Waals surface area contributed by atoms with Gasteiger partial charge in [-0.25, -0.2) is 4.39 Å². The van der Waals surface area contributed by atoms with Crippen molar-refractivity contribution in [2.24, 2.45) is 0 Å². The van der Waals surface area contributed by atoms with E-state index in [1.54, 1.807) is 6.92 Å². The molecule has 0 bridgehead atoms. The second-order valence-corrected chi connectivity index (χ2v) is 3.75. The lowest BCUT2D eigenvalue weighted by Gasteiger charge is -2.16. The van der Waals surface area contributed by atoms with Crippen molar-refractivity contribution < 1.29 is 4.39 Å². The fraction of sp³-hybridized carbons (Fsp3) is 0.429. The molecular formula is C14H18FN. The smallest absolute Gasteiger partial charge is 0.126 e. The SMILES string of the molecule is CC#CCC(NCC)c1ccc(F)c(C)c1. The molecule has 0 aliphatic rings. The molecule has 1 aromatic rings. The Morgan fingerprint density at radius 1 is 1.44 bits per heavy atom. The zero-order chi connectivity index (χ0) is 12.0. The average molecular weight is 219 g/mol. The van der Waals surface area contributed by atoms with Gasteiger partial charge in [0.1, 0.15) is 5.82 Å². The van der Waals surface area contributed by atoms with Gasteiger partial charge >= 0.3 is 0 Å². The molecule has 1 N–H and O–H groups in total. The van der Waals surface area contributed by atoms with Gasteiger partial charge in [0.15, 0.2) is 0 Å². The van der Waals surface area contributed by atoms with E-state index in [4.69, 9.17) is 0 Å². The Balaban J connectivity index is 2.89. The number of halogens is 1. The highest BCUT2D eigenvalue weighted by Crippen LogP contribution is 2.19. The first kappa shape index (κ1) is 12.7. The van der Waals surface area contributed by atoms with Gasteiger partial charge in [0, 0.05) is 12.5 Å².